The van der Waals surface area contributed by atoms with Crippen molar-refractivity contribution in [3.63, 3.8) is 0 Å². The smallest absolute Gasteiger partial charge is 0.316 e. The monoisotopic (exact) mass is 418 g/mol. The quantitative estimate of drug-likeness (QED) is 0.363. The van der Waals surface area contributed by atoms with E-state index in [-0.39, 0.29) is 0 Å². The maximum atomic E-state index is 12.9. The summed E-state index contributed by atoms with van der Waals surface area (Å²) in [5.41, 5.74) is 2.09. The Kier molecular flexibility index (Phi) is 4.99. The van der Waals surface area contributed by atoms with Crippen LogP contribution in [0.3, 0.4) is 0 Å². The zero-order valence-corrected chi connectivity index (χ0v) is 16.8. The van der Waals surface area contributed by atoms with Crippen molar-refractivity contribution in [2.45, 2.75) is 18.0 Å². The summed E-state index contributed by atoms with van der Waals surface area (Å²) < 4.78 is 43.7. The van der Waals surface area contributed by atoms with Crippen molar-refractivity contribution in [3.05, 3.63) is 71.2 Å². The minimum absolute atomic E-state index is 0.644. The van der Waals surface area contributed by atoms with Crippen molar-refractivity contribution in [2.75, 3.05) is 7.05 Å². The molecular formula is C21H17F3N2S2. The molecule has 0 spiro atoms. The van der Waals surface area contributed by atoms with Gasteiger partial charge in [-0.2, -0.15) is 13.2 Å². The van der Waals surface area contributed by atoms with Crippen LogP contribution in [-0.2, 0) is 6.18 Å². The van der Waals surface area contributed by atoms with Crippen LogP contribution >= 0.6 is 23.3 Å². The summed E-state index contributed by atoms with van der Waals surface area (Å²) in [4.78, 5) is 3.43. The lowest BCUT2D eigenvalue weighted by Gasteiger charge is -2.09. The highest BCUT2D eigenvalue weighted by Gasteiger charge is 2.30. The highest BCUT2D eigenvalue weighted by Crippen LogP contribution is 2.38. The lowest BCUT2D eigenvalue weighted by molar-refractivity contribution is -0.137. The molecule has 0 aliphatic heterocycles. The van der Waals surface area contributed by atoms with Crippen molar-refractivity contribution < 1.29 is 13.2 Å². The van der Waals surface area contributed by atoms with E-state index in [2.05, 4.69) is 29.8 Å². The van der Waals surface area contributed by atoms with Gasteiger partial charge in [0.05, 0.1) is 11.1 Å². The normalized spacial score (nSPS) is 12.0. The van der Waals surface area contributed by atoms with E-state index >= 15 is 0 Å². The Morgan fingerprint density at radius 3 is 2.36 bits per heavy atom. The first kappa shape index (κ1) is 19.1. The minimum atomic E-state index is -4.34. The molecule has 0 saturated carbocycles. The topological polar surface area (TPSA) is 17.0 Å². The van der Waals surface area contributed by atoms with Crippen molar-refractivity contribution in [1.82, 2.24) is 9.29 Å². The molecule has 2 aromatic carbocycles. The van der Waals surface area contributed by atoms with Crippen LogP contribution in [0.5, 0.6) is 0 Å². The van der Waals surface area contributed by atoms with E-state index in [9.17, 15) is 13.2 Å². The van der Waals surface area contributed by atoms with E-state index < -0.39 is 11.7 Å². The average Bonchev–Trinajstić information content (AvgIpc) is 3.25. The Morgan fingerprint density at radius 1 is 1.00 bits per heavy atom. The standard InChI is InChI=1S/C21H17F3N2S2/c1-13-3-10-20(27-13)18-12-26(15-6-4-14(5-7-15)21(22,23)24)19-9-8-16(28-25-2)11-17(18)19/h3-12,25H,1-2H3. The third kappa shape index (κ3) is 3.57. The number of nitrogens with one attached hydrogen (secondary N) is 1. The van der Waals surface area contributed by atoms with Gasteiger partial charge < -0.3 is 4.57 Å². The van der Waals surface area contributed by atoms with E-state index in [1.54, 1.807) is 11.3 Å². The van der Waals surface area contributed by atoms with Gasteiger partial charge in [-0.3, -0.25) is 4.72 Å². The van der Waals surface area contributed by atoms with Gasteiger partial charge in [0.25, 0.3) is 0 Å². The van der Waals surface area contributed by atoms with Gasteiger partial charge in [0, 0.05) is 37.5 Å². The van der Waals surface area contributed by atoms with Crippen LogP contribution in [0.1, 0.15) is 10.4 Å². The Morgan fingerprint density at radius 2 is 1.75 bits per heavy atom. The molecule has 0 bridgehead atoms. The summed E-state index contributed by atoms with van der Waals surface area (Å²) in [5, 5.41) is 1.07. The zero-order valence-electron chi connectivity index (χ0n) is 15.2. The number of alkyl halides is 3. The number of rotatable bonds is 4. The summed E-state index contributed by atoms with van der Waals surface area (Å²) in [7, 11) is 1.87. The molecule has 1 N–H and O–H groups in total. The van der Waals surface area contributed by atoms with Crippen molar-refractivity contribution in [2.24, 2.45) is 0 Å². The fourth-order valence-corrected chi connectivity index (χ4v) is 4.63. The van der Waals surface area contributed by atoms with Gasteiger partial charge in [-0.15, -0.1) is 11.3 Å². The third-order valence-electron chi connectivity index (χ3n) is 4.47. The number of thiophene rings is 1. The number of hydrogen-bond acceptors (Lipinski definition) is 3. The Hall–Kier alpha value is -2.22. The molecule has 0 aliphatic rings. The van der Waals surface area contributed by atoms with Gasteiger partial charge in [0.15, 0.2) is 0 Å². The lowest BCUT2D eigenvalue weighted by atomic mass is 10.1. The van der Waals surface area contributed by atoms with Gasteiger partial charge in [0.1, 0.15) is 0 Å². The number of benzene rings is 2. The molecule has 0 amide bonds. The van der Waals surface area contributed by atoms with E-state index in [1.807, 2.05) is 29.9 Å². The molecule has 2 nitrogen and oxygen atoms in total. The number of halogens is 3. The molecule has 7 heteroatoms. The van der Waals surface area contributed by atoms with Crippen molar-refractivity contribution in [1.29, 1.82) is 0 Å². The number of hydrogen-bond donors (Lipinski definition) is 1. The molecule has 0 radical (unpaired) electrons. The Balaban J connectivity index is 1.89. The number of aryl methyl sites for hydroxylation is 1. The van der Waals surface area contributed by atoms with Crippen molar-refractivity contribution >= 4 is 34.2 Å². The summed E-state index contributed by atoms with van der Waals surface area (Å²) in [6.45, 7) is 2.06. The van der Waals surface area contributed by atoms with Gasteiger partial charge in [-0.25, -0.2) is 0 Å². The van der Waals surface area contributed by atoms with Crippen LogP contribution in [0.25, 0.3) is 27.0 Å². The molecule has 0 unspecified atom stereocenters. The summed E-state index contributed by atoms with van der Waals surface area (Å²) in [6, 6.07) is 15.6. The summed E-state index contributed by atoms with van der Waals surface area (Å²) in [6.07, 6.45) is -2.33. The first-order chi connectivity index (χ1) is 13.4. The van der Waals surface area contributed by atoms with Gasteiger partial charge in [-0.05, 0) is 80.5 Å². The zero-order chi connectivity index (χ0) is 19.9. The molecule has 144 valence electrons. The van der Waals surface area contributed by atoms with Gasteiger partial charge in [0.2, 0.25) is 0 Å². The van der Waals surface area contributed by atoms with E-state index in [0.717, 1.165) is 38.4 Å². The Labute approximate surface area is 169 Å². The number of nitrogens with zero attached hydrogens (tertiary/aromatic N) is 1. The van der Waals surface area contributed by atoms with Gasteiger partial charge in [-0.1, -0.05) is 0 Å². The fraction of sp³-hybridized carbons (Fsp3) is 0.143. The molecule has 0 atom stereocenters. The molecular weight excluding hydrogens is 401 g/mol. The van der Waals surface area contributed by atoms with Crippen LogP contribution in [0.2, 0.25) is 0 Å². The first-order valence-corrected chi connectivity index (χ1v) is 10.2. The Bertz CT molecular complexity index is 1120. The molecule has 0 fully saturated rings. The van der Waals surface area contributed by atoms with Crippen LogP contribution in [0.4, 0.5) is 13.2 Å². The second-order valence-corrected chi connectivity index (χ2v) is 8.72. The first-order valence-electron chi connectivity index (χ1n) is 8.60. The SMILES string of the molecule is CNSc1ccc2c(c1)c(-c1ccc(C)s1)cn2-c1ccc(C(F)(F)F)cc1. The van der Waals surface area contributed by atoms with Crippen molar-refractivity contribution in [3.8, 4) is 16.1 Å². The largest absolute Gasteiger partial charge is 0.416 e. The molecule has 4 rings (SSSR count). The van der Waals surface area contributed by atoms with Crippen LogP contribution in [0.15, 0.2) is 65.7 Å². The summed E-state index contributed by atoms with van der Waals surface area (Å²) >= 11 is 3.23. The fourth-order valence-electron chi connectivity index (χ4n) is 3.19. The predicted octanol–water partition coefficient (Wildman–Crippen LogP) is 6.91. The van der Waals surface area contributed by atoms with E-state index in [1.165, 1.54) is 29.0 Å². The maximum absolute atomic E-state index is 12.9. The van der Waals surface area contributed by atoms with E-state index in [4.69, 9.17) is 0 Å². The molecule has 4 aromatic rings. The molecule has 0 aliphatic carbocycles. The molecule has 2 aromatic heterocycles. The number of fused-ring (bicyclic) bond motifs is 1. The van der Waals surface area contributed by atoms with Crippen LogP contribution in [0, 0.1) is 6.92 Å². The molecule has 28 heavy (non-hydrogen) atoms. The second kappa shape index (κ2) is 7.31. The molecule has 0 saturated heterocycles. The lowest BCUT2D eigenvalue weighted by Crippen LogP contribution is -2.04. The third-order valence-corrected chi connectivity index (χ3v) is 6.20. The highest BCUT2D eigenvalue weighted by atomic mass is 32.2. The van der Waals surface area contributed by atoms with Gasteiger partial charge >= 0.3 is 6.18 Å². The van der Waals surface area contributed by atoms with Crippen LogP contribution < -0.4 is 4.72 Å². The average molecular weight is 419 g/mol. The maximum Gasteiger partial charge on any atom is 0.416 e. The second-order valence-electron chi connectivity index (χ2n) is 6.35. The van der Waals surface area contributed by atoms with Crippen LogP contribution in [-0.4, -0.2) is 11.6 Å². The van der Waals surface area contributed by atoms with E-state index in [0.29, 0.717) is 5.69 Å². The molecule has 2 heterocycles. The predicted molar refractivity (Wildman–Crippen MR) is 111 cm³/mol. The minimum Gasteiger partial charge on any atom is -0.316 e. The summed E-state index contributed by atoms with van der Waals surface area (Å²) in [5.74, 6) is 0. The highest BCUT2D eigenvalue weighted by molar-refractivity contribution is 7.97. The number of aromatic nitrogens is 1.